The zero-order valence-corrected chi connectivity index (χ0v) is 12.0. The largest absolute Gasteiger partial charge is 0.481 e. The molecule has 1 saturated heterocycles. The molecule has 0 spiro atoms. The summed E-state index contributed by atoms with van der Waals surface area (Å²) < 4.78 is 0. The standard InChI is InChI=1S/C15H27NO2/c1-14(2)7-4-6-12(10-14)16-9-5-8-15(3,11-16)13(17)18/h12H,4-11H2,1-3H3,(H,17,18). The van der Waals surface area contributed by atoms with Gasteiger partial charge in [-0.15, -0.1) is 0 Å². The van der Waals surface area contributed by atoms with E-state index in [2.05, 4.69) is 18.7 Å². The summed E-state index contributed by atoms with van der Waals surface area (Å²) in [6.45, 7) is 8.43. The number of hydrogen-bond donors (Lipinski definition) is 1. The number of nitrogens with zero attached hydrogens (tertiary/aromatic N) is 1. The van der Waals surface area contributed by atoms with E-state index in [9.17, 15) is 9.90 Å². The van der Waals surface area contributed by atoms with Crippen LogP contribution in [0.25, 0.3) is 0 Å². The number of piperidine rings is 1. The Hall–Kier alpha value is -0.570. The Morgan fingerprint density at radius 1 is 1.22 bits per heavy atom. The zero-order valence-electron chi connectivity index (χ0n) is 12.0. The van der Waals surface area contributed by atoms with Crippen molar-refractivity contribution in [2.24, 2.45) is 10.8 Å². The van der Waals surface area contributed by atoms with E-state index < -0.39 is 11.4 Å². The van der Waals surface area contributed by atoms with Crippen LogP contribution in [0.1, 0.15) is 59.3 Å². The summed E-state index contributed by atoms with van der Waals surface area (Å²) in [5.74, 6) is -0.623. The minimum atomic E-state index is -0.623. The first-order valence-corrected chi connectivity index (χ1v) is 7.30. The highest BCUT2D eigenvalue weighted by molar-refractivity contribution is 5.74. The fraction of sp³-hybridized carbons (Fsp3) is 0.933. The molecule has 1 saturated carbocycles. The van der Waals surface area contributed by atoms with Crippen LogP contribution < -0.4 is 0 Å². The summed E-state index contributed by atoms with van der Waals surface area (Å²) in [4.78, 5) is 13.9. The molecule has 2 atom stereocenters. The van der Waals surface area contributed by atoms with Crippen LogP contribution in [-0.2, 0) is 4.79 Å². The molecule has 3 heteroatoms. The predicted molar refractivity (Wildman–Crippen MR) is 72.6 cm³/mol. The molecule has 0 aromatic rings. The van der Waals surface area contributed by atoms with Gasteiger partial charge in [0.2, 0.25) is 0 Å². The normalized spacial score (nSPS) is 37.4. The van der Waals surface area contributed by atoms with E-state index in [0.29, 0.717) is 11.5 Å². The van der Waals surface area contributed by atoms with Crippen LogP contribution in [0.4, 0.5) is 0 Å². The lowest BCUT2D eigenvalue weighted by molar-refractivity contribution is -0.152. The van der Waals surface area contributed by atoms with Gasteiger partial charge in [-0.2, -0.15) is 0 Å². The van der Waals surface area contributed by atoms with Gasteiger partial charge in [0.1, 0.15) is 0 Å². The molecule has 1 aliphatic heterocycles. The summed E-state index contributed by atoms with van der Waals surface area (Å²) >= 11 is 0. The molecule has 0 bridgehead atoms. The van der Waals surface area contributed by atoms with E-state index in [1.807, 2.05) is 6.92 Å². The lowest BCUT2D eigenvalue weighted by atomic mass is 9.73. The number of carboxylic acids is 1. The molecule has 18 heavy (non-hydrogen) atoms. The number of carboxylic acid groups (broad SMARTS) is 1. The average molecular weight is 253 g/mol. The highest BCUT2D eigenvalue weighted by Crippen LogP contribution is 2.40. The predicted octanol–water partition coefficient (Wildman–Crippen LogP) is 3.14. The Morgan fingerprint density at radius 2 is 1.94 bits per heavy atom. The van der Waals surface area contributed by atoms with Crippen LogP contribution in [0.5, 0.6) is 0 Å². The number of rotatable bonds is 2. The smallest absolute Gasteiger partial charge is 0.310 e. The first-order valence-electron chi connectivity index (χ1n) is 7.30. The second-order valence-corrected chi connectivity index (χ2v) is 7.35. The SMILES string of the molecule is CC1(C)CCCC(N2CCCC(C)(C(=O)O)C2)C1. The number of hydrogen-bond acceptors (Lipinski definition) is 2. The molecule has 0 amide bonds. The van der Waals surface area contributed by atoms with Crippen LogP contribution in [0, 0.1) is 10.8 Å². The van der Waals surface area contributed by atoms with Crippen molar-refractivity contribution < 1.29 is 9.90 Å². The molecular weight excluding hydrogens is 226 g/mol. The summed E-state index contributed by atoms with van der Waals surface area (Å²) in [7, 11) is 0. The van der Waals surface area contributed by atoms with Crippen molar-refractivity contribution in [1.29, 1.82) is 0 Å². The quantitative estimate of drug-likeness (QED) is 0.822. The van der Waals surface area contributed by atoms with Gasteiger partial charge in [-0.25, -0.2) is 0 Å². The minimum absolute atomic E-state index is 0.431. The van der Waals surface area contributed by atoms with Crippen molar-refractivity contribution in [3.8, 4) is 0 Å². The van der Waals surface area contributed by atoms with Gasteiger partial charge in [0.05, 0.1) is 5.41 Å². The van der Waals surface area contributed by atoms with Crippen LogP contribution in [0.15, 0.2) is 0 Å². The molecular formula is C15H27NO2. The molecule has 1 heterocycles. The topological polar surface area (TPSA) is 40.5 Å². The van der Waals surface area contributed by atoms with Crippen molar-refractivity contribution >= 4 is 5.97 Å². The molecule has 1 aliphatic carbocycles. The second kappa shape index (κ2) is 4.84. The lowest BCUT2D eigenvalue weighted by Gasteiger charge is -2.46. The highest BCUT2D eigenvalue weighted by atomic mass is 16.4. The number of aliphatic carboxylic acids is 1. The van der Waals surface area contributed by atoms with Gasteiger partial charge in [-0.1, -0.05) is 20.3 Å². The molecule has 2 fully saturated rings. The monoisotopic (exact) mass is 253 g/mol. The van der Waals surface area contributed by atoms with Gasteiger partial charge >= 0.3 is 5.97 Å². The summed E-state index contributed by atoms with van der Waals surface area (Å²) in [5.41, 5.74) is -0.0974. The van der Waals surface area contributed by atoms with Gasteiger partial charge in [-0.3, -0.25) is 9.69 Å². The van der Waals surface area contributed by atoms with E-state index >= 15 is 0 Å². The average Bonchev–Trinajstić information content (AvgIpc) is 2.27. The fourth-order valence-corrected chi connectivity index (χ4v) is 3.73. The number of carbonyl (C=O) groups is 1. The highest BCUT2D eigenvalue weighted by Gasteiger charge is 2.41. The van der Waals surface area contributed by atoms with Gasteiger partial charge in [0, 0.05) is 12.6 Å². The summed E-state index contributed by atoms with van der Waals surface area (Å²) in [6.07, 6.45) is 6.93. The van der Waals surface area contributed by atoms with E-state index in [1.165, 1.54) is 25.7 Å². The van der Waals surface area contributed by atoms with Crippen molar-refractivity contribution in [1.82, 2.24) is 4.90 Å². The zero-order chi connectivity index (χ0) is 13.4. The van der Waals surface area contributed by atoms with Gasteiger partial charge in [0.25, 0.3) is 0 Å². The Morgan fingerprint density at radius 3 is 2.56 bits per heavy atom. The maximum Gasteiger partial charge on any atom is 0.310 e. The minimum Gasteiger partial charge on any atom is -0.481 e. The Labute approximate surface area is 111 Å². The summed E-state index contributed by atoms with van der Waals surface area (Å²) in [6, 6.07) is 0.604. The molecule has 1 N–H and O–H groups in total. The van der Waals surface area contributed by atoms with Gasteiger partial charge < -0.3 is 5.11 Å². The first-order chi connectivity index (χ1) is 8.32. The van der Waals surface area contributed by atoms with E-state index in [0.717, 1.165) is 25.9 Å². The molecule has 0 aromatic heterocycles. The van der Waals surface area contributed by atoms with E-state index in [-0.39, 0.29) is 0 Å². The second-order valence-electron chi connectivity index (χ2n) is 7.35. The van der Waals surface area contributed by atoms with E-state index in [1.54, 1.807) is 0 Å². The fourth-order valence-electron chi connectivity index (χ4n) is 3.73. The van der Waals surface area contributed by atoms with Crippen LogP contribution in [0.2, 0.25) is 0 Å². The van der Waals surface area contributed by atoms with Crippen LogP contribution in [-0.4, -0.2) is 35.1 Å². The van der Waals surface area contributed by atoms with Crippen molar-refractivity contribution in [3.63, 3.8) is 0 Å². The molecule has 2 unspecified atom stereocenters. The molecule has 2 aliphatic rings. The maximum atomic E-state index is 11.4. The lowest BCUT2D eigenvalue weighted by Crippen LogP contribution is -2.51. The molecule has 104 valence electrons. The number of likely N-dealkylation sites (tertiary alicyclic amines) is 1. The third-order valence-corrected chi connectivity index (χ3v) is 4.94. The maximum absolute atomic E-state index is 11.4. The summed E-state index contributed by atoms with van der Waals surface area (Å²) in [5, 5.41) is 9.39. The molecule has 3 nitrogen and oxygen atoms in total. The van der Waals surface area contributed by atoms with E-state index in [4.69, 9.17) is 0 Å². The van der Waals surface area contributed by atoms with Crippen LogP contribution in [0.3, 0.4) is 0 Å². The van der Waals surface area contributed by atoms with Gasteiger partial charge in [0.15, 0.2) is 0 Å². The first kappa shape index (κ1) is 13.9. The van der Waals surface area contributed by atoms with Crippen molar-refractivity contribution in [2.45, 2.75) is 65.3 Å². The third kappa shape index (κ3) is 2.87. The Kier molecular flexibility index (Phi) is 3.72. The Balaban J connectivity index is 2.03. The van der Waals surface area contributed by atoms with Crippen molar-refractivity contribution in [2.75, 3.05) is 13.1 Å². The Bertz CT molecular complexity index is 326. The van der Waals surface area contributed by atoms with Crippen LogP contribution >= 0.6 is 0 Å². The van der Waals surface area contributed by atoms with Gasteiger partial charge in [-0.05, 0) is 51.0 Å². The molecule has 0 radical (unpaired) electrons. The third-order valence-electron chi connectivity index (χ3n) is 4.94. The molecule has 0 aromatic carbocycles. The molecule has 2 rings (SSSR count). The van der Waals surface area contributed by atoms with Crippen molar-refractivity contribution in [3.05, 3.63) is 0 Å².